The number of hydrogen-bond donors (Lipinski definition) is 1. The van der Waals surface area contributed by atoms with E-state index < -0.39 is 22.9 Å². The lowest BCUT2D eigenvalue weighted by Crippen LogP contribution is -2.30. The van der Waals surface area contributed by atoms with Crippen LogP contribution in [0.2, 0.25) is 0 Å². The molecule has 1 N–H and O–H groups in total. The van der Waals surface area contributed by atoms with Gasteiger partial charge >= 0.3 is 5.97 Å². The van der Waals surface area contributed by atoms with E-state index in [1.165, 1.54) is 32.2 Å². The minimum absolute atomic E-state index is 0.142. The minimum Gasteiger partial charge on any atom is -0.495 e. The van der Waals surface area contributed by atoms with Gasteiger partial charge in [0.2, 0.25) is 0 Å². The van der Waals surface area contributed by atoms with Gasteiger partial charge in [-0.3, -0.25) is 19.7 Å². The van der Waals surface area contributed by atoms with Crippen LogP contribution in [0.3, 0.4) is 0 Å². The molecule has 0 unspecified atom stereocenters. The van der Waals surface area contributed by atoms with Gasteiger partial charge in [-0.05, 0) is 31.7 Å². The number of nitro groups is 1. The highest BCUT2D eigenvalue weighted by molar-refractivity contribution is 5.96. The molecular weight excluding hydrogens is 328 g/mol. The summed E-state index contributed by atoms with van der Waals surface area (Å²) in [5.74, 6) is -0.618. The van der Waals surface area contributed by atoms with E-state index in [1.54, 1.807) is 0 Å². The standard InChI is InChI=1S/C17H20N2O6/c1-11(25-16(20)9-12-5-3-4-6-12)17(21)18-14-10-13(19(22)23)7-8-15(14)24-2/h3,5,7-8,10-12H,4,6,9H2,1-2H3,(H,18,21)/t11-,12-/m0/s1. The van der Waals surface area contributed by atoms with E-state index in [0.29, 0.717) is 0 Å². The molecule has 0 saturated heterocycles. The first-order valence-corrected chi connectivity index (χ1v) is 7.90. The number of carbonyl (C=O) groups excluding carboxylic acids is 2. The van der Waals surface area contributed by atoms with Crippen LogP contribution in [0, 0.1) is 16.0 Å². The Bertz CT molecular complexity index is 700. The minimum atomic E-state index is -1.03. The highest BCUT2D eigenvalue weighted by Gasteiger charge is 2.22. The fourth-order valence-corrected chi connectivity index (χ4v) is 2.52. The highest BCUT2D eigenvalue weighted by atomic mass is 16.6. The number of nitrogens with one attached hydrogen (secondary N) is 1. The lowest BCUT2D eigenvalue weighted by Gasteiger charge is -2.16. The summed E-state index contributed by atoms with van der Waals surface area (Å²) < 4.78 is 10.2. The van der Waals surface area contributed by atoms with Crippen molar-refractivity contribution in [3.05, 3.63) is 40.5 Å². The van der Waals surface area contributed by atoms with Gasteiger partial charge in [-0.15, -0.1) is 0 Å². The Morgan fingerprint density at radius 3 is 2.80 bits per heavy atom. The second-order valence-electron chi connectivity index (χ2n) is 5.73. The van der Waals surface area contributed by atoms with E-state index in [1.807, 2.05) is 12.2 Å². The first-order valence-electron chi connectivity index (χ1n) is 7.90. The number of nitro benzene ring substituents is 1. The molecule has 2 rings (SSSR count). The Hall–Kier alpha value is -2.90. The van der Waals surface area contributed by atoms with E-state index in [2.05, 4.69) is 5.32 Å². The van der Waals surface area contributed by atoms with Gasteiger partial charge in [-0.25, -0.2) is 0 Å². The molecule has 8 heteroatoms. The summed E-state index contributed by atoms with van der Waals surface area (Å²) >= 11 is 0. The SMILES string of the molecule is COc1ccc([N+](=O)[O-])cc1NC(=O)[C@H](C)OC(=O)C[C@H]1C=CCC1. The molecule has 1 amide bonds. The summed E-state index contributed by atoms with van der Waals surface area (Å²) in [4.78, 5) is 34.4. The molecule has 0 saturated carbocycles. The maximum atomic E-state index is 12.2. The molecule has 0 aliphatic heterocycles. The number of non-ortho nitro benzene ring substituents is 1. The van der Waals surface area contributed by atoms with Crippen molar-refractivity contribution < 1.29 is 24.0 Å². The third-order valence-electron chi connectivity index (χ3n) is 3.87. The lowest BCUT2D eigenvalue weighted by molar-refractivity contribution is -0.384. The van der Waals surface area contributed by atoms with Gasteiger partial charge in [-0.1, -0.05) is 12.2 Å². The summed E-state index contributed by atoms with van der Waals surface area (Å²) in [5, 5.41) is 13.4. The van der Waals surface area contributed by atoms with E-state index in [-0.39, 0.29) is 29.5 Å². The average molecular weight is 348 g/mol. The van der Waals surface area contributed by atoms with Crippen LogP contribution in [0.5, 0.6) is 5.75 Å². The molecule has 0 aromatic heterocycles. The molecule has 0 heterocycles. The van der Waals surface area contributed by atoms with Crippen LogP contribution >= 0.6 is 0 Å². The molecule has 1 aliphatic rings. The monoisotopic (exact) mass is 348 g/mol. The van der Waals surface area contributed by atoms with Crippen LogP contribution in [0.25, 0.3) is 0 Å². The molecular formula is C17H20N2O6. The Kier molecular flexibility index (Phi) is 6.10. The molecule has 1 aromatic rings. The van der Waals surface area contributed by atoms with Crippen LogP contribution < -0.4 is 10.1 Å². The molecule has 1 aliphatic carbocycles. The van der Waals surface area contributed by atoms with Gasteiger partial charge in [0.15, 0.2) is 6.10 Å². The van der Waals surface area contributed by atoms with E-state index in [4.69, 9.17) is 9.47 Å². The van der Waals surface area contributed by atoms with Crippen molar-refractivity contribution in [3.63, 3.8) is 0 Å². The number of ether oxygens (including phenoxy) is 2. The Morgan fingerprint density at radius 2 is 2.20 bits per heavy atom. The third-order valence-corrected chi connectivity index (χ3v) is 3.87. The van der Waals surface area contributed by atoms with Gasteiger partial charge in [0.25, 0.3) is 11.6 Å². The zero-order chi connectivity index (χ0) is 18.4. The summed E-state index contributed by atoms with van der Waals surface area (Å²) in [5.41, 5.74) is -0.0444. The molecule has 8 nitrogen and oxygen atoms in total. The van der Waals surface area contributed by atoms with Gasteiger partial charge in [0.1, 0.15) is 5.75 Å². The van der Waals surface area contributed by atoms with Crippen LogP contribution in [-0.4, -0.2) is 30.0 Å². The number of methoxy groups -OCH3 is 1. The number of carbonyl (C=O) groups is 2. The smallest absolute Gasteiger partial charge is 0.307 e. The molecule has 0 bridgehead atoms. The topological polar surface area (TPSA) is 108 Å². The number of benzene rings is 1. The number of hydrogen-bond acceptors (Lipinski definition) is 6. The van der Waals surface area contributed by atoms with Crippen molar-refractivity contribution in [2.24, 2.45) is 5.92 Å². The third kappa shape index (κ3) is 5.03. The zero-order valence-electron chi connectivity index (χ0n) is 14.1. The molecule has 25 heavy (non-hydrogen) atoms. The fourth-order valence-electron chi connectivity index (χ4n) is 2.52. The number of esters is 1. The maximum Gasteiger partial charge on any atom is 0.307 e. The van der Waals surface area contributed by atoms with Crippen LogP contribution in [-0.2, 0) is 14.3 Å². The summed E-state index contributed by atoms with van der Waals surface area (Å²) in [6.07, 6.45) is 5.04. The number of allylic oxidation sites excluding steroid dienone is 2. The maximum absolute atomic E-state index is 12.2. The molecule has 0 spiro atoms. The van der Waals surface area contributed by atoms with E-state index >= 15 is 0 Å². The van der Waals surface area contributed by atoms with Crippen molar-refractivity contribution in [3.8, 4) is 5.75 Å². The van der Waals surface area contributed by atoms with Crippen molar-refractivity contribution in [1.82, 2.24) is 0 Å². The van der Waals surface area contributed by atoms with E-state index in [9.17, 15) is 19.7 Å². The van der Waals surface area contributed by atoms with Gasteiger partial charge in [0, 0.05) is 12.1 Å². The number of amides is 1. The predicted octanol–water partition coefficient (Wildman–Crippen LogP) is 2.83. The quantitative estimate of drug-likeness (QED) is 0.351. The predicted molar refractivity (Wildman–Crippen MR) is 90.3 cm³/mol. The van der Waals surface area contributed by atoms with Crippen molar-refractivity contribution in [1.29, 1.82) is 0 Å². The Balaban J connectivity index is 1.98. The van der Waals surface area contributed by atoms with Crippen LogP contribution in [0.1, 0.15) is 26.2 Å². The van der Waals surface area contributed by atoms with Gasteiger partial charge in [0.05, 0.1) is 24.1 Å². The summed E-state index contributed by atoms with van der Waals surface area (Å²) in [7, 11) is 1.38. The number of nitrogens with zero attached hydrogens (tertiary/aromatic N) is 1. The Morgan fingerprint density at radius 1 is 1.44 bits per heavy atom. The second-order valence-corrected chi connectivity index (χ2v) is 5.73. The number of anilines is 1. The van der Waals surface area contributed by atoms with Gasteiger partial charge in [-0.2, -0.15) is 0 Å². The second kappa shape index (κ2) is 8.27. The van der Waals surface area contributed by atoms with Crippen LogP contribution in [0.4, 0.5) is 11.4 Å². The lowest BCUT2D eigenvalue weighted by atomic mass is 10.1. The van der Waals surface area contributed by atoms with Gasteiger partial charge < -0.3 is 14.8 Å². The molecule has 1 aromatic carbocycles. The fraction of sp³-hybridized carbons (Fsp3) is 0.412. The summed E-state index contributed by atoms with van der Waals surface area (Å²) in [6, 6.07) is 3.85. The first kappa shape index (κ1) is 18.4. The summed E-state index contributed by atoms with van der Waals surface area (Å²) in [6.45, 7) is 1.45. The van der Waals surface area contributed by atoms with Crippen molar-refractivity contribution >= 4 is 23.3 Å². The first-order chi connectivity index (χ1) is 11.9. The van der Waals surface area contributed by atoms with Crippen molar-refractivity contribution in [2.75, 3.05) is 12.4 Å². The normalized spacial score (nSPS) is 17.0. The largest absolute Gasteiger partial charge is 0.495 e. The highest BCUT2D eigenvalue weighted by Crippen LogP contribution is 2.29. The molecule has 0 fully saturated rings. The molecule has 2 atom stereocenters. The molecule has 0 radical (unpaired) electrons. The van der Waals surface area contributed by atoms with Crippen LogP contribution in [0.15, 0.2) is 30.4 Å². The zero-order valence-corrected chi connectivity index (χ0v) is 14.1. The number of rotatable bonds is 7. The average Bonchev–Trinajstić information content (AvgIpc) is 3.07. The Labute approximate surface area is 145 Å². The van der Waals surface area contributed by atoms with Crippen molar-refractivity contribution in [2.45, 2.75) is 32.3 Å². The molecule has 134 valence electrons. The van der Waals surface area contributed by atoms with E-state index in [0.717, 1.165) is 12.8 Å².